The van der Waals surface area contributed by atoms with Crippen LogP contribution in [0.25, 0.3) is 11.3 Å². The van der Waals surface area contributed by atoms with Gasteiger partial charge in [0.05, 0.1) is 12.8 Å². The highest BCUT2D eigenvalue weighted by Crippen LogP contribution is 2.31. The predicted molar refractivity (Wildman–Crippen MR) is 90.4 cm³/mol. The lowest BCUT2D eigenvalue weighted by molar-refractivity contribution is 0.402. The molecular formula is C17H15FN2O4S. The molecule has 0 saturated heterocycles. The summed E-state index contributed by atoms with van der Waals surface area (Å²) in [5, 5.41) is 3.81. The summed E-state index contributed by atoms with van der Waals surface area (Å²) in [5.74, 6) is 0.208. The minimum atomic E-state index is -3.91. The molecule has 1 aromatic heterocycles. The van der Waals surface area contributed by atoms with Crippen molar-refractivity contribution in [3.05, 3.63) is 60.0 Å². The predicted octanol–water partition coefficient (Wildman–Crippen LogP) is 3.60. The number of nitrogens with one attached hydrogen (secondary N) is 1. The van der Waals surface area contributed by atoms with E-state index in [0.29, 0.717) is 17.0 Å². The molecule has 0 amide bonds. The largest absolute Gasteiger partial charge is 0.495 e. The molecule has 0 atom stereocenters. The van der Waals surface area contributed by atoms with E-state index in [-0.39, 0.29) is 16.3 Å². The zero-order chi connectivity index (χ0) is 18.0. The van der Waals surface area contributed by atoms with E-state index in [9.17, 15) is 12.8 Å². The van der Waals surface area contributed by atoms with E-state index in [0.717, 1.165) is 0 Å². The molecule has 1 heterocycles. The minimum absolute atomic E-state index is 0.0423. The molecule has 25 heavy (non-hydrogen) atoms. The van der Waals surface area contributed by atoms with E-state index in [1.807, 2.05) is 0 Å². The topological polar surface area (TPSA) is 81.4 Å². The van der Waals surface area contributed by atoms with Gasteiger partial charge in [0.2, 0.25) is 0 Å². The number of hydrogen-bond acceptors (Lipinski definition) is 5. The summed E-state index contributed by atoms with van der Waals surface area (Å²) >= 11 is 0. The third kappa shape index (κ3) is 3.63. The first-order chi connectivity index (χ1) is 11.9. The maximum Gasteiger partial charge on any atom is 0.265 e. The summed E-state index contributed by atoms with van der Waals surface area (Å²) in [5.41, 5.74) is 1.60. The van der Waals surface area contributed by atoms with E-state index in [1.54, 1.807) is 25.1 Å². The number of aromatic nitrogens is 1. The quantitative estimate of drug-likeness (QED) is 0.750. The first-order valence-electron chi connectivity index (χ1n) is 7.29. The van der Waals surface area contributed by atoms with Gasteiger partial charge in [0.25, 0.3) is 10.0 Å². The maximum absolute atomic E-state index is 13.0. The number of ether oxygens (including phenoxy) is 1. The third-order valence-electron chi connectivity index (χ3n) is 3.46. The van der Waals surface area contributed by atoms with Gasteiger partial charge in [-0.15, -0.1) is 0 Å². The van der Waals surface area contributed by atoms with Gasteiger partial charge in [0, 0.05) is 17.3 Å². The molecule has 0 saturated carbocycles. The summed E-state index contributed by atoms with van der Waals surface area (Å²) in [6.07, 6.45) is 0. The smallest absolute Gasteiger partial charge is 0.265 e. The third-order valence-corrected chi connectivity index (χ3v) is 4.88. The van der Waals surface area contributed by atoms with Crippen LogP contribution in [0, 0.1) is 12.7 Å². The van der Waals surface area contributed by atoms with Gasteiger partial charge in [-0.05, 0) is 49.4 Å². The second-order valence-electron chi connectivity index (χ2n) is 5.31. The molecule has 0 unspecified atom stereocenters. The van der Waals surface area contributed by atoms with E-state index in [2.05, 4.69) is 9.88 Å². The van der Waals surface area contributed by atoms with Crippen LogP contribution in [0.15, 0.2) is 57.9 Å². The highest BCUT2D eigenvalue weighted by molar-refractivity contribution is 7.92. The van der Waals surface area contributed by atoms with Gasteiger partial charge < -0.3 is 9.26 Å². The van der Waals surface area contributed by atoms with Crippen molar-refractivity contribution in [1.82, 2.24) is 5.16 Å². The Morgan fingerprint density at radius 3 is 2.44 bits per heavy atom. The van der Waals surface area contributed by atoms with Crippen molar-refractivity contribution in [2.24, 2.45) is 0 Å². The van der Waals surface area contributed by atoms with Gasteiger partial charge in [0.1, 0.15) is 16.5 Å². The Balaban J connectivity index is 1.96. The van der Waals surface area contributed by atoms with Crippen LogP contribution in [-0.2, 0) is 10.0 Å². The summed E-state index contributed by atoms with van der Waals surface area (Å²) < 4.78 is 50.9. The lowest BCUT2D eigenvalue weighted by Gasteiger charge is -2.12. The first-order valence-corrected chi connectivity index (χ1v) is 8.77. The number of benzene rings is 2. The fourth-order valence-electron chi connectivity index (χ4n) is 2.27. The van der Waals surface area contributed by atoms with Gasteiger partial charge in [0.15, 0.2) is 5.76 Å². The zero-order valence-corrected chi connectivity index (χ0v) is 14.3. The van der Waals surface area contributed by atoms with Crippen LogP contribution in [0.1, 0.15) is 5.69 Å². The number of nitrogens with zero attached hydrogens (tertiary/aromatic N) is 1. The lowest BCUT2D eigenvalue weighted by Crippen LogP contribution is -2.14. The molecule has 0 aliphatic carbocycles. The zero-order valence-electron chi connectivity index (χ0n) is 13.5. The molecular weight excluding hydrogens is 347 g/mol. The Kier molecular flexibility index (Phi) is 4.45. The van der Waals surface area contributed by atoms with Crippen LogP contribution in [0.5, 0.6) is 5.75 Å². The number of anilines is 1. The van der Waals surface area contributed by atoms with Crippen molar-refractivity contribution < 1.29 is 22.1 Å². The number of rotatable bonds is 5. The number of methoxy groups -OCH3 is 1. The summed E-state index contributed by atoms with van der Waals surface area (Å²) in [4.78, 5) is -0.0423. The Hall–Kier alpha value is -2.87. The van der Waals surface area contributed by atoms with E-state index in [1.165, 1.54) is 37.4 Å². The van der Waals surface area contributed by atoms with Gasteiger partial charge in [-0.2, -0.15) is 0 Å². The lowest BCUT2D eigenvalue weighted by atomic mass is 10.1. The standard InChI is InChI=1S/C17H15FN2O4S/c1-11-9-15(24-19-11)12-3-8-17(16(10-12)23-2)25(21,22)20-14-6-4-13(18)5-7-14/h3-10,20H,1-2H3. The fraction of sp³-hybridized carbons (Fsp3) is 0.118. The second-order valence-corrected chi connectivity index (χ2v) is 6.96. The summed E-state index contributed by atoms with van der Waals surface area (Å²) in [7, 11) is -2.53. The van der Waals surface area contributed by atoms with Crippen LogP contribution in [0.3, 0.4) is 0 Å². The maximum atomic E-state index is 13.0. The van der Waals surface area contributed by atoms with Crippen molar-refractivity contribution in [3.8, 4) is 17.1 Å². The fourth-order valence-corrected chi connectivity index (χ4v) is 3.48. The van der Waals surface area contributed by atoms with E-state index in [4.69, 9.17) is 9.26 Å². The van der Waals surface area contributed by atoms with Gasteiger partial charge in [-0.3, -0.25) is 4.72 Å². The molecule has 2 aromatic carbocycles. The van der Waals surface area contributed by atoms with Gasteiger partial charge in [-0.1, -0.05) is 5.16 Å². The monoisotopic (exact) mass is 362 g/mol. The molecule has 3 rings (SSSR count). The molecule has 3 aromatic rings. The average molecular weight is 362 g/mol. The first kappa shape index (κ1) is 17.0. The van der Waals surface area contributed by atoms with Crippen molar-refractivity contribution in [2.75, 3.05) is 11.8 Å². The normalized spacial score (nSPS) is 11.3. The number of hydrogen-bond donors (Lipinski definition) is 1. The van der Waals surface area contributed by atoms with Crippen LogP contribution in [0.4, 0.5) is 10.1 Å². The second kappa shape index (κ2) is 6.56. The molecule has 0 aliphatic heterocycles. The molecule has 1 N–H and O–H groups in total. The van der Waals surface area contributed by atoms with Gasteiger partial charge in [-0.25, -0.2) is 12.8 Å². The molecule has 0 fully saturated rings. The van der Waals surface area contributed by atoms with Crippen LogP contribution >= 0.6 is 0 Å². The van der Waals surface area contributed by atoms with Crippen molar-refractivity contribution in [2.45, 2.75) is 11.8 Å². The van der Waals surface area contributed by atoms with Gasteiger partial charge >= 0.3 is 0 Å². The van der Waals surface area contributed by atoms with E-state index < -0.39 is 15.8 Å². The van der Waals surface area contributed by atoms with Crippen molar-refractivity contribution >= 4 is 15.7 Å². The Labute approximate surface area is 144 Å². The molecule has 6 nitrogen and oxygen atoms in total. The molecule has 130 valence electrons. The highest BCUT2D eigenvalue weighted by atomic mass is 32.2. The van der Waals surface area contributed by atoms with Crippen molar-refractivity contribution in [1.29, 1.82) is 0 Å². The minimum Gasteiger partial charge on any atom is -0.495 e. The SMILES string of the molecule is COc1cc(-c2cc(C)no2)ccc1S(=O)(=O)Nc1ccc(F)cc1. The molecule has 0 spiro atoms. The molecule has 0 bridgehead atoms. The molecule has 0 radical (unpaired) electrons. The van der Waals surface area contributed by atoms with Crippen LogP contribution < -0.4 is 9.46 Å². The Morgan fingerprint density at radius 2 is 1.84 bits per heavy atom. The summed E-state index contributed by atoms with van der Waals surface area (Å²) in [6, 6.07) is 11.3. The van der Waals surface area contributed by atoms with E-state index >= 15 is 0 Å². The summed E-state index contributed by atoms with van der Waals surface area (Å²) in [6.45, 7) is 1.79. The molecule has 0 aliphatic rings. The highest BCUT2D eigenvalue weighted by Gasteiger charge is 2.21. The number of halogens is 1. The Bertz CT molecular complexity index is 998. The van der Waals surface area contributed by atoms with Crippen LogP contribution in [0.2, 0.25) is 0 Å². The Morgan fingerprint density at radius 1 is 1.12 bits per heavy atom. The number of sulfonamides is 1. The number of aryl methyl sites for hydroxylation is 1. The molecule has 8 heteroatoms. The van der Waals surface area contributed by atoms with Crippen LogP contribution in [-0.4, -0.2) is 20.7 Å². The average Bonchev–Trinajstić information content (AvgIpc) is 3.02. The van der Waals surface area contributed by atoms with Crippen molar-refractivity contribution in [3.63, 3.8) is 0 Å².